The molecule has 0 N–H and O–H groups in total. The highest BCUT2D eigenvalue weighted by Gasteiger charge is 2.35. The van der Waals surface area contributed by atoms with Crippen LogP contribution in [-0.2, 0) is 0 Å². The Hall–Kier alpha value is 0. The highest BCUT2D eigenvalue weighted by Crippen LogP contribution is 2.48. The molecule has 0 saturated heterocycles. The molecule has 12 heavy (non-hydrogen) atoms. The zero-order chi connectivity index (χ0) is 9.36. The molecule has 0 heterocycles. The zero-order valence-electron chi connectivity index (χ0n) is 9.36. The fourth-order valence-electron chi connectivity index (χ4n) is 3.31. The molecule has 2 aliphatic rings. The van der Waals surface area contributed by atoms with Crippen LogP contribution < -0.4 is 0 Å². The summed E-state index contributed by atoms with van der Waals surface area (Å²) in [6, 6.07) is 0. The lowest BCUT2D eigenvalue weighted by Crippen LogP contribution is -2.29. The van der Waals surface area contributed by atoms with E-state index < -0.39 is 0 Å². The van der Waals surface area contributed by atoms with Crippen molar-refractivity contribution in [3.8, 4) is 0 Å². The summed E-state index contributed by atoms with van der Waals surface area (Å²) in [6.45, 7) is 2.14. The van der Waals surface area contributed by atoms with Crippen LogP contribution in [0.1, 0.15) is 66.1 Å². The van der Waals surface area contributed by atoms with Crippen LogP contribution >= 0.6 is 0 Å². The van der Waals surface area contributed by atoms with Crippen LogP contribution in [0.2, 0.25) is 0 Å². The normalized spacial score (nSPS) is 42.6. The van der Waals surface area contributed by atoms with Crippen LogP contribution in [0.5, 0.6) is 0 Å². The lowest BCUT2D eigenvalue weighted by Gasteiger charge is -2.43. The van der Waals surface area contributed by atoms with E-state index in [2.05, 4.69) is 6.92 Å². The maximum atomic E-state index is 8.19. The Morgan fingerprint density at radius 2 is 1.75 bits per heavy atom. The first-order valence-electron chi connectivity index (χ1n) is 6.12. The standard InChI is InChI=1S/C12H22/c1-11-6-5-9-12(10-11)7-3-2-4-8-12/h11H,2-10H2,1H3/t11-/m1/s1/i11D. The summed E-state index contributed by atoms with van der Waals surface area (Å²) in [5, 5.41) is 0. The molecule has 1 spiro atoms. The number of hydrogen-bond donors (Lipinski definition) is 0. The summed E-state index contributed by atoms with van der Waals surface area (Å²) < 4.78 is 8.19. The van der Waals surface area contributed by atoms with E-state index in [0.717, 1.165) is 6.42 Å². The minimum atomic E-state index is -0.102. The molecule has 0 amide bonds. The van der Waals surface area contributed by atoms with Gasteiger partial charge in [-0.25, -0.2) is 0 Å². The Kier molecular flexibility index (Phi) is 2.10. The highest BCUT2D eigenvalue weighted by molar-refractivity contribution is 4.87. The number of rotatable bonds is 0. The van der Waals surface area contributed by atoms with Crippen LogP contribution in [0.4, 0.5) is 0 Å². The third-order valence-electron chi connectivity index (χ3n) is 3.90. The van der Waals surface area contributed by atoms with Crippen molar-refractivity contribution in [1.29, 1.82) is 0 Å². The molecule has 0 aliphatic heterocycles. The maximum absolute atomic E-state index is 8.19. The van der Waals surface area contributed by atoms with Gasteiger partial charge in [-0.05, 0) is 37.0 Å². The molecule has 0 unspecified atom stereocenters. The van der Waals surface area contributed by atoms with Crippen LogP contribution in [0.3, 0.4) is 0 Å². The van der Waals surface area contributed by atoms with Gasteiger partial charge >= 0.3 is 0 Å². The Balaban J connectivity index is 2.04. The first kappa shape index (κ1) is 7.41. The fraction of sp³-hybridized carbons (Fsp3) is 1.00. The molecule has 0 aromatic carbocycles. The summed E-state index contributed by atoms with van der Waals surface area (Å²) in [6.07, 6.45) is 12.2. The van der Waals surface area contributed by atoms with Crippen molar-refractivity contribution in [1.82, 2.24) is 0 Å². The van der Waals surface area contributed by atoms with Gasteiger partial charge in [0.2, 0.25) is 0 Å². The number of hydrogen-bond acceptors (Lipinski definition) is 0. The Labute approximate surface area is 78.1 Å². The van der Waals surface area contributed by atoms with Gasteiger partial charge in [-0.15, -0.1) is 0 Å². The van der Waals surface area contributed by atoms with Crippen LogP contribution in [-0.4, -0.2) is 0 Å². The lowest BCUT2D eigenvalue weighted by molar-refractivity contribution is 0.0937. The third-order valence-corrected chi connectivity index (χ3v) is 3.90. The molecule has 2 saturated carbocycles. The van der Waals surface area contributed by atoms with E-state index in [4.69, 9.17) is 1.37 Å². The quantitative estimate of drug-likeness (QED) is 0.508. The second kappa shape index (κ2) is 3.40. The van der Waals surface area contributed by atoms with Crippen LogP contribution in [0.15, 0.2) is 0 Å². The van der Waals surface area contributed by atoms with Crippen molar-refractivity contribution >= 4 is 0 Å². The average molecular weight is 167 g/mol. The summed E-state index contributed by atoms with van der Waals surface area (Å²) in [5.74, 6) is -0.102. The molecule has 2 aliphatic carbocycles. The first-order valence-corrected chi connectivity index (χ1v) is 5.62. The fourth-order valence-corrected chi connectivity index (χ4v) is 3.31. The SMILES string of the molecule is [2H][C@@]1(C)CCCC2(CCCCC2)C1. The van der Waals surface area contributed by atoms with E-state index in [-0.39, 0.29) is 5.89 Å². The van der Waals surface area contributed by atoms with E-state index in [1.54, 1.807) is 0 Å². The second-order valence-corrected chi connectivity index (χ2v) is 5.05. The van der Waals surface area contributed by atoms with Crippen molar-refractivity contribution in [3.63, 3.8) is 0 Å². The van der Waals surface area contributed by atoms with Gasteiger partial charge in [0.25, 0.3) is 0 Å². The molecule has 2 fully saturated rings. The van der Waals surface area contributed by atoms with Crippen LogP contribution in [0, 0.1) is 11.3 Å². The Morgan fingerprint density at radius 1 is 1.08 bits per heavy atom. The first-order chi connectivity index (χ1) is 6.12. The van der Waals surface area contributed by atoms with Gasteiger partial charge in [0.1, 0.15) is 0 Å². The topological polar surface area (TPSA) is 0 Å². The van der Waals surface area contributed by atoms with E-state index in [1.165, 1.54) is 51.4 Å². The molecule has 0 radical (unpaired) electrons. The van der Waals surface area contributed by atoms with Gasteiger partial charge in [0.15, 0.2) is 0 Å². The predicted octanol–water partition coefficient (Wildman–Crippen LogP) is 4.15. The predicted molar refractivity (Wildman–Crippen MR) is 53.2 cm³/mol. The summed E-state index contributed by atoms with van der Waals surface area (Å²) in [7, 11) is 0. The molecule has 0 bridgehead atoms. The molecular weight excluding hydrogens is 144 g/mol. The average Bonchev–Trinajstić information content (AvgIpc) is 2.03. The van der Waals surface area contributed by atoms with Gasteiger partial charge in [-0.2, -0.15) is 0 Å². The van der Waals surface area contributed by atoms with E-state index in [1.807, 2.05) is 0 Å². The maximum Gasteiger partial charge on any atom is 0.0300 e. The van der Waals surface area contributed by atoms with Crippen molar-refractivity contribution < 1.29 is 1.37 Å². The van der Waals surface area contributed by atoms with Gasteiger partial charge in [-0.1, -0.05) is 39.0 Å². The van der Waals surface area contributed by atoms with E-state index in [0.29, 0.717) is 5.41 Å². The third kappa shape index (κ3) is 1.67. The Morgan fingerprint density at radius 3 is 2.42 bits per heavy atom. The minimum Gasteiger partial charge on any atom is -0.0625 e. The lowest BCUT2D eigenvalue weighted by atomic mass is 9.63. The van der Waals surface area contributed by atoms with E-state index >= 15 is 0 Å². The highest BCUT2D eigenvalue weighted by atomic mass is 14.4. The largest absolute Gasteiger partial charge is 0.0625 e. The zero-order valence-corrected chi connectivity index (χ0v) is 8.36. The molecule has 0 aromatic heterocycles. The smallest absolute Gasteiger partial charge is 0.0300 e. The van der Waals surface area contributed by atoms with Gasteiger partial charge in [0, 0.05) is 1.37 Å². The molecule has 0 aromatic rings. The second-order valence-electron chi connectivity index (χ2n) is 5.05. The monoisotopic (exact) mass is 167 g/mol. The molecule has 0 nitrogen and oxygen atoms in total. The van der Waals surface area contributed by atoms with Gasteiger partial charge < -0.3 is 0 Å². The van der Waals surface area contributed by atoms with Crippen molar-refractivity contribution in [2.45, 2.75) is 64.7 Å². The summed E-state index contributed by atoms with van der Waals surface area (Å²) >= 11 is 0. The Bertz CT molecular complexity index is 172. The molecule has 70 valence electrons. The van der Waals surface area contributed by atoms with Gasteiger partial charge in [-0.3, -0.25) is 0 Å². The molecular formula is C12H22. The molecule has 0 heteroatoms. The minimum absolute atomic E-state index is 0.102. The van der Waals surface area contributed by atoms with Crippen molar-refractivity contribution in [2.75, 3.05) is 0 Å². The molecule has 1 atom stereocenters. The molecule has 2 rings (SSSR count). The van der Waals surface area contributed by atoms with E-state index in [9.17, 15) is 0 Å². The van der Waals surface area contributed by atoms with Gasteiger partial charge in [0.05, 0.1) is 0 Å². The summed E-state index contributed by atoms with van der Waals surface area (Å²) in [4.78, 5) is 0. The van der Waals surface area contributed by atoms with Crippen LogP contribution in [0.25, 0.3) is 0 Å². The van der Waals surface area contributed by atoms with Crippen molar-refractivity contribution in [2.24, 2.45) is 11.3 Å². The van der Waals surface area contributed by atoms with Crippen molar-refractivity contribution in [3.05, 3.63) is 0 Å². The summed E-state index contributed by atoms with van der Waals surface area (Å²) in [5.41, 5.74) is 0.604.